The molecule has 0 saturated carbocycles. The Morgan fingerprint density at radius 1 is 1.33 bits per heavy atom. The maximum atomic E-state index is 5.79. The molecule has 15 heavy (non-hydrogen) atoms. The van der Waals surface area contributed by atoms with Crippen molar-refractivity contribution in [1.82, 2.24) is 0 Å². The first-order valence-electron chi connectivity index (χ1n) is 4.55. The van der Waals surface area contributed by atoms with Crippen LogP contribution in [0.15, 0.2) is 42.7 Å². The Balaban J connectivity index is 3.41. The number of hydrogen-bond acceptors (Lipinski definition) is 3. The second kappa shape index (κ2) is 4.46. The van der Waals surface area contributed by atoms with Crippen molar-refractivity contribution in [3.05, 3.63) is 43.3 Å². The van der Waals surface area contributed by atoms with Crippen molar-refractivity contribution < 1.29 is 0 Å². The van der Waals surface area contributed by atoms with Crippen molar-refractivity contribution in [3.63, 3.8) is 0 Å². The standard InChI is InChI=1S/C12H15N3/c1-5-15(6-2)11-8-7-10(13)9(3)12(11)14-4/h5-8H,1-2,4,13H2,3H3. The highest BCUT2D eigenvalue weighted by Gasteiger charge is 2.09. The number of nitrogen functional groups attached to an aromatic ring is 1. The van der Waals surface area contributed by atoms with Crippen molar-refractivity contribution in [2.75, 3.05) is 10.6 Å². The molecule has 78 valence electrons. The molecule has 0 unspecified atom stereocenters. The minimum absolute atomic E-state index is 0.703. The van der Waals surface area contributed by atoms with Crippen LogP contribution in [0.4, 0.5) is 17.1 Å². The number of hydrogen-bond donors (Lipinski definition) is 1. The topological polar surface area (TPSA) is 41.6 Å². The van der Waals surface area contributed by atoms with Crippen LogP contribution in [0.5, 0.6) is 0 Å². The van der Waals surface area contributed by atoms with E-state index in [0.717, 1.165) is 16.9 Å². The molecule has 0 aliphatic carbocycles. The molecule has 0 fully saturated rings. The average Bonchev–Trinajstić information content (AvgIpc) is 2.25. The average molecular weight is 201 g/mol. The van der Waals surface area contributed by atoms with Crippen molar-refractivity contribution in [1.29, 1.82) is 0 Å². The van der Waals surface area contributed by atoms with E-state index in [1.54, 1.807) is 17.3 Å². The molecule has 1 rings (SSSR count). The van der Waals surface area contributed by atoms with E-state index in [1.807, 2.05) is 19.1 Å². The van der Waals surface area contributed by atoms with Gasteiger partial charge >= 0.3 is 0 Å². The molecule has 0 bridgehead atoms. The molecule has 0 aliphatic rings. The molecule has 0 saturated heterocycles. The minimum Gasteiger partial charge on any atom is -0.398 e. The number of nitrogens with two attached hydrogens (primary N) is 1. The van der Waals surface area contributed by atoms with E-state index in [9.17, 15) is 0 Å². The third-order valence-electron chi connectivity index (χ3n) is 2.28. The molecule has 0 spiro atoms. The van der Waals surface area contributed by atoms with Gasteiger partial charge in [-0.3, -0.25) is 4.99 Å². The fourth-order valence-corrected chi connectivity index (χ4v) is 1.38. The highest BCUT2D eigenvalue weighted by atomic mass is 15.1. The lowest BCUT2D eigenvalue weighted by molar-refractivity contribution is 1.27. The predicted octanol–water partition coefficient (Wildman–Crippen LogP) is 3.00. The van der Waals surface area contributed by atoms with Crippen LogP contribution < -0.4 is 10.6 Å². The van der Waals surface area contributed by atoms with Gasteiger partial charge in [-0.05, 0) is 31.3 Å². The molecule has 0 radical (unpaired) electrons. The first kappa shape index (κ1) is 11.0. The summed E-state index contributed by atoms with van der Waals surface area (Å²) in [5.74, 6) is 0. The van der Waals surface area contributed by atoms with Crippen LogP contribution in [0.1, 0.15) is 5.56 Å². The second-order valence-corrected chi connectivity index (χ2v) is 3.08. The lowest BCUT2D eigenvalue weighted by Gasteiger charge is -2.18. The van der Waals surface area contributed by atoms with Crippen LogP contribution in [0.3, 0.4) is 0 Å². The Bertz CT molecular complexity index is 400. The van der Waals surface area contributed by atoms with Gasteiger partial charge in [-0.1, -0.05) is 13.2 Å². The highest BCUT2D eigenvalue weighted by Crippen LogP contribution is 2.35. The molecule has 0 amide bonds. The second-order valence-electron chi connectivity index (χ2n) is 3.08. The zero-order valence-corrected chi connectivity index (χ0v) is 8.90. The van der Waals surface area contributed by atoms with Gasteiger partial charge in [0.2, 0.25) is 0 Å². The first-order valence-corrected chi connectivity index (χ1v) is 4.55. The summed E-state index contributed by atoms with van der Waals surface area (Å²) >= 11 is 0. The molecule has 2 N–H and O–H groups in total. The highest BCUT2D eigenvalue weighted by molar-refractivity contribution is 5.79. The summed E-state index contributed by atoms with van der Waals surface area (Å²) < 4.78 is 0. The lowest BCUT2D eigenvalue weighted by Crippen LogP contribution is -2.06. The molecule has 3 heteroatoms. The van der Waals surface area contributed by atoms with Crippen molar-refractivity contribution in [2.24, 2.45) is 4.99 Å². The maximum absolute atomic E-state index is 5.79. The lowest BCUT2D eigenvalue weighted by atomic mass is 10.1. The van der Waals surface area contributed by atoms with E-state index >= 15 is 0 Å². The summed E-state index contributed by atoms with van der Waals surface area (Å²) in [5, 5.41) is 0. The number of anilines is 2. The van der Waals surface area contributed by atoms with Gasteiger partial charge in [-0.25, -0.2) is 0 Å². The molecular weight excluding hydrogens is 186 g/mol. The third-order valence-corrected chi connectivity index (χ3v) is 2.28. The van der Waals surface area contributed by atoms with Gasteiger partial charge < -0.3 is 10.6 Å². The van der Waals surface area contributed by atoms with Crippen LogP contribution >= 0.6 is 0 Å². The Labute approximate surface area is 90.2 Å². The molecule has 1 aromatic carbocycles. The summed E-state index contributed by atoms with van der Waals surface area (Å²) in [4.78, 5) is 5.75. The van der Waals surface area contributed by atoms with Crippen LogP contribution in [-0.4, -0.2) is 6.72 Å². The number of aliphatic imine (C=N–C) groups is 1. The van der Waals surface area contributed by atoms with E-state index < -0.39 is 0 Å². The Morgan fingerprint density at radius 3 is 2.40 bits per heavy atom. The van der Waals surface area contributed by atoms with Gasteiger partial charge in [0.05, 0.1) is 11.4 Å². The first-order chi connectivity index (χ1) is 7.15. The maximum Gasteiger partial charge on any atom is 0.0912 e. The van der Waals surface area contributed by atoms with E-state index in [0.29, 0.717) is 5.69 Å². The zero-order valence-electron chi connectivity index (χ0n) is 8.90. The number of nitrogens with zero attached hydrogens (tertiary/aromatic N) is 2. The van der Waals surface area contributed by atoms with Crippen LogP contribution in [0, 0.1) is 6.92 Å². The van der Waals surface area contributed by atoms with Crippen LogP contribution in [-0.2, 0) is 0 Å². The molecular formula is C12H15N3. The molecule has 0 aliphatic heterocycles. The monoisotopic (exact) mass is 201 g/mol. The summed E-state index contributed by atoms with van der Waals surface area (Å²) in [6.45, 7) is 12.8. The van der Waals surface area contributed by atoms with Crippen LogP contribution in [0.25, 0.3) is 0 Å². The normalized spacial score (nSPS) is 9.40. The fourth-order valence-electron chi connectivity index (χ4n) is 1.38. The third kappa shape index (κ3) is 1.91. The summed E-state index contributed by atoms with van der Waals surface area (Å²) in [6.07, 6.45) is 3.32. The summed E-state index contributed by atoms with van der Waals surface area (Å²) in [6, 6.07) is 3.70. The number of benzene rings is 1. The Morgan fingerprint density at radius 2 is 1.93 bits per heavy atom. The van der Waals surface area contributed by atoms with Crippen LogP contribution in [0.2, 0.25) is 0 Å². The van der Waals surface area contributed by atoms with E-state index in [4.69, 9.17) is 5.73 Å². The van der Waals surface area contributed by atoms with Gasteiger partial charge in [0.25, 0.3) is 0 Å². The largest absolute Gasteiger partial charge is 0.398 e. The van der Waals surface area contributed by atoms with Gasteiger partial charge in [0.1, 0.15) is 0 Å². The Kier molecular flexibility index (Phi) is 3.29. The predicted molar refractivity (Wildman–Crippen MR) is 67.7 cm³/mol. The van der Waals surface area contributed by atoms with E-state index in [-0.39, 0.29) is 0 Å². The molecule has 1 aromatic rings. The minimum atomic E-state index is 0.703. The Hall–Kier alpha value is -2.03. The SMILES string of the molecule is C=CN(C=C)c1ccc(N)c(C)c1N=C. The van der Waals surface area contributed by atoms with E-state index in [2.05, 4.69) is 24.9 Å². The summed E-state index contributed by atoms with van der Waals surface area (Å²) in [5.41, 5.74) is 9.04. The fraction of sp³-hybridized carbons (Fsp3) is 0.0833. The van der Waals surface area contributed by atoms with Crippen molar-refractivity contribution >= 4 is 23.8 Å². The van der Waals surface area contributed by atoms with Crippen molar-refractivity contribution in [3.8, 4) is 0 Å². The van der Waals surface area contributed by atoms with Crippen molar-refractivity contribution in [2.45, 2.75) is 6.92 Å². The van der Waals surface area contributed by atoms with Gasteiger partial charge in [0.15, 0.2) is 0 Å². The zero-order chi connectivity index (χ0) is 11.4. The molecule has 0 atom stereocenters. The van der Waals surface area contributed by atoms with Gasteiger partial charge in [0, 0.05) is 18.1 Å². The molecule has 3 nitrogen and oxygen atoms in total. The molecule has 0 heterocycles. The summed E-state index contributed by atoms with van der Waals surface area (Å²) in [7, 11) is 0. The van der Waals surface area contributed by atoms with Gasteiger partial charge in [-0.15, -0.1) is 0 Å². The molecule has 0 aromatic heterocycles. The smallest absolute Gasteiger partial charge is 0.0912 e. The van der Waals surface area contributed by atoms with Gasteiger partial charge in [-0.2, -0.15) is 0 Å². The quantitative estimate of drug-likeness (QED) is 0.601. The van der Waals surface area contributed by atoms with E-state index in [1.165, 1.54) is 0 Å². The number of rotatable bonds is 4.